The zero-order chi connectivity index (χ0) is 16.1. The first-order valence-corrected chi connectivity index (χ1v) is 6.86. The topological polar surface area (TPSA) is 104 Å². The molecule has 6 heteroatoms. The molecule has 1 heterocycles. The second-order valence-corrected chi connectivity index (χ2v) is 4.68. The smallest absolute Gasteiger partial charge is 0.330 e. The predicted octanol–water partition coefficient (Wildman–Crippen LogP) is 2.19. The molecule has 0 atom stereocenters. The van der Waals surface area contributed by atoms with Crippen molar-refractivity contribution in [2.75, 3.05) is 18.1 Å². The van der Waals surface area contributed by atoms with Crippen molar-refractivity contribution in [1.82, 2.24) is 9.97 Å². The normalized spacial score (nSPS) is 10.8. The van der Waals surface area contributed by atoms with Crippen LogP contribution in [0.3, 0.4) is 0 Å². The van der Waals surface area contributed by atoms with Gasteiger partial charge in [0.05, 0.1) is 12.3 Å². The first kappa shape index (κ1) is 15.5. The maximum atomic E-state index is 11.4. The highest BCUT2D eigenvalue weighted by Gasteiger charge is 2.09. The van der Waals surface area contributed by atoms with Gasteiger partial charge in [-0.1, -0.05) is 29.8 Å². The zero-order valence-electron chi connectivity index (χ0n) is 12.5. The Kier molecular flexibility index (Phi) is 4.73. The van der Waals surface area contributed by atoms with Gasteiger partial charge in [-0.05, 0) is 19.9 Å². The Hall–Kier alpha value is -2.89. The second-order valence-electron chi connectivity index (χ2n) is 4.68. The van der Waals surface area contributed by atoms with Crippen LogP contribution in [0.25, 0.3) is 17.5 Å². The maximum absolute atomic E-state index is 11.4. The third kappa shape index (κ3) is 3.60. The molecule has 0 aliphatic heterocycles. The quantitative estimate of drug-likeness (QED) is 0.662. The second kappa shape index (κ2) is 6.71. The van der Waals surface area contributed by atoms with E-state index in [1.165, 1.54) is 12.2 Å². The fourth-order valence-electron chi connectivity index (χ4n) is 1.80. The molecule has 2 rings (SSSR count). The Bertz CT molecular complexity index is 709. The molecule has 4 N–H and O–H groups in total. The minimum atomic E-state index is -0.462. The molecule has 1 aromatic carbocycles. The highest BCUT2D eigenvalue weighted by Crippen LogP contribution is 2.23. The van der Waals surface area contributed by atoms with E-state index in [9.17, 15) is 4.79 Å². The van der Waals surface area contributed by atoms with Gasteiger partial charge in [-0.15, -0.1) is 0 Å². The SMILES string of the molecule is CCOC(=O)/C=C/c1nc(-c2ccc(C)cc2)nc(N)c1N. The number of nitrogens with zero attached hydrogens (tertiary/aromatic N) is 2. The lowest BCUT2D eigenvalue weighted by molar-refractivity contribution is -0.137. The summed E-state index contributed by atoms with van der Waals surface area (Å²) in [6, 6.07) is 7.72. The third-order valence-electron chi connectivity index (χ3n) is 2.98. The number of hydrogen-bond donors (Lipinski definition) is 2. The van der Waals surface area contributed by atoms with Crippen molar-refractivity contribution in [2.45, 2.75) is 13.8 Å². The molecule has 0 saturated heterocycles. The van der Waals surface area contributed by atoms with Crippen LogP contribution in [0.1, 0.15) is 18.2 Å². The number of nitrogens with two attached hydrogens (primary N) is 2. The lowest BCUT2D eigenvalue weighted by atomic mass is 10.1. The van der Waals surface area contributed by atoms with Gasteiger partial charge >= 0.3 is 5.97 Å². The highest BCUT2D eigenvalue weighted by atomic mass is 16.5. The lowest BCUT2D eigenvalue weighted by Crippen LogP contribution is -2.05. The van der Waals surface area contributed by atoms with Gasteiger partial charge < -0.3 is 16.2 Å². The number of nitrogen functional groups attached to an aromatic ring is 2. The molecule has 0 radical (unpaired) electrons. The number of benzene rings is 1. The Morgan fingerprint density at radius 1 is 1.23 bits per heavy atom. The van der Waals surface area contributed by atoms with Gasteiger partial charge in [0.25, 0.3) is 0 Å². The summed E-state index contributed by atoms with van der Waals surface area (Å²) in [5.41, 5.74) is 14.3. The van der Waals surface area contributed by atoms with Gasteiger partial charge in [-0.2, -0.15) is 0 Å². The predicted molar refractivity (Wildman–Crippen MR) is 86.7 cm³/mol. The van der Waals surface area contributed by atoms with Gasteiger partial charge in [-0.25, -0.2) is 14.8 Å². The minimum absolute atomic E-state index is 0.175. The molecule has 0 aliphatic carbocycles. The van der Waals surface area contributed by atoms with E-state index < -0.39 is 5.97 Å². The third-order valence-corrected chi connectivity index (χ3v) is 2.98. The monoisotopic (exact) mass is 298 g/mol. The number of hydrogen-bond acceptors (Lipinski definition) is 6. The molecule has 0 unspecified atom stereocenters. The van der Waals surface area contributed by atoms with Crippen LogP contribution in [0.2, 0.25) is 0 Å². The molecular weight excluding hydrogens is 280 g/mol. The molecule has 114 valence electrons. The summed E-state index contributed by atoms with van der Waals surface area (Å²) in [6.45, 7) is 4.03. The lowest BCUT2D eigenvalue weighted by Gasteiger charge is -2.07. The van der Waals surface area contributed by atoms with Crippen molar-refractivity contribution in [3.05, 3.63) is 41.6 Å². The van der Waals surface area contributed by atoms with Crippen LogP contribution in [0.15, 0.2) is 30.3 Å². The van der Waals surface area contributed by atoms with Crippen LogP contribution in [0, 0.1) is 6.92 Å². The number of carbonyl (C=O) groups is 1. The molecule has 0 aliphatic rings. The van der Waals surface area contributed by atoms with Gasteiger partial charge in [0.1, 0.15) is 5.69 Å². The summed E-state index contributed by atoms with van der Waals surface area (Å²) in [7, 11) is 0. The van der Waals surface area contributed by atoms with Crippen LogP contribution in [0.5, 0.6) is 0 Å². The summed E-state index contributed by atoms with van der Waals surface area (Å²) in [5, 5.41) is 0. The number of aromatic nitrogens is 2. The molecule has 0 fully saturated rings. The number of rotatable bonds is 4. The van der Waals surface area contributed by atoms with Crippen molar-refractivity contribution in [3.8, 4) is 11.4 Å². The van der Waals surface area contributed by atoms with Gasteiger partial charge in [0.2, 0.25) is 0 Å². The molecule has 0 spiro atoms. The molecule has 0 saturated carbocycles. The fourth-order valence-corrected chi connectivity index (χ4v) is 1.80. The molecule has 1 aromatic heterocycles. The van der Waals surface area contributed by atoms with Crippen LogP contribution in [-0.2, 0) is 9.53 Å². The van der Waals surface area contributed by atoms with E-state index in [1.807, 2.05) is 31.2 Å². The molecule has 2 aromatic rings. The number of anilines is 2. The Morgan fingerprint density at radius 2 is 1.91 bits per heavy atom. The van der Waals surface area contributed by atoms with Crippen LogP contribution in [0.4, 0.5) is 11.5 Å². The van der Waals surface area contributed by atoms with Gasteiger partial charge in [0, 0.05) is 11.6 Å². The average Bonchev–Trinajstić information content (AvgIpc) is 2.49. The average molecular weight is 298 g/mol. The molecule has 22 heavy (non-hydrogen) atoms. The zero-order valence-corrected chi connectivity index (χ0v) is 12.5. The van der Waals surface area contributed by atoms with E-state index in [-0.39, 0.29) is 11.5 Å². The van der Waals surface area contributed by atoms with Crippen molar-refractivity contribution >= 4 is 23.6 Å². The highest BCUT2D eigenvalue weighted by molar-refractivity contribution is 5.88. The Balaban J connectivity index is 2.38. The Morgan fingerprint density at radius 3 is 2.55 bits per heavy atom. The van der Waals surface area contributed by atoms with E-state index >= 15 is 0 Å². The van der Waals surface area contributed by atoms with E-state index in [1.54, 1.807) is 6.92 Å². The van der Waals surface area contributed by atoms with Gasteiger partial charge in [-0.3, -0.25) is 0 Å². The van der Waals surface area contributed by atoms with Crippen molar-refractivity contribution in [1.29, 1.82) is 0 Å². The molecule has 0 amide bonds. The number of aryl methyl sites for hydroxylation is 1. The van der Waals surface area contributed by atoms with Crippen molar-refractivity contribution < 1.29 is 9.53 Å². The molecular formula is C16H18N4O2. The van der Waals surface area contributed by atoms with Crippen molar-refractivity contribution in [3.63, 3.8) is 0 Å². The molecule has 0 bridgehead atoms. The van der Waals surface area contributed by atoms with E-state index in [0.29, 0.717) is 18.1 Å². The fraction of sp³-hybridized carbons (Fsp3) is 0.188. The summed E-state index contributed by atoms with van der Waals surface area (Å²) in [4.78, 5) is 19.9. The maximum Gasteiger partial charge on any atom is 0.330 e. The summed E-state index contributed by atoms with van der Waals surface area (Å²) < 4.78 is 4.82. The largest absolute Gasteiger partial charge is 0.463 e. The summed E-state index contributed by atoms with van der Waals surface area (Å²) >= 11 is 0. The standard InChI is InChI=1S/C16H18N4O2/c1-3-22-13(21)9-8-12-14(17)15(18)20-16(19-12)11-6-4-10(2)5-7-11/h4-9H,3,17H2,1-2H3,(H2,18,19,20)/b9-8+. The van der Waals surface area contributed by atoms with E-state index in [0.717, 1.165) is 11.1 Å². The first-order chi connectivity index (χ1) is 10.5. The summed E-state index contributed by atoms with van der Waals surface area (Å²) in [5.74, 6) is 0.167. The van der Waals surface area contributed by atoms with Crippen LogP contribution >= 0.6 is 0 Å². The minimum Gasteiger partial charge on any atom is -0.463 e. The number of ether oxygens (including phenoxy) is 1. The molecule has 6 nitrogen and oxygen atoms in total. The number of esters is 1. The van der Waals surface area contributed by atoms with Crippen molar-refractivity contribution in [2.24, 2.45) is 0 Å². The number of carbonyl (C=O) groups excluding carboxylic acids is 1. The van der Waals surface area contributed by atoms with Gasteiger partial charge in [0.15, 0.2) is 11.6 Å². The summed E-state index contributed by atoms with van der Waals surface area (Å²) in [6.07, 6.45) is 2.74. The van der Waals surface area contributed by atoms with E-state index in [4.69, 9.17) is 16.2 Å². The first-order valence-electron chi connectivity index (χ1n) is 6.86. The van der Waals surface area contributed by atoms with E-state index in [2.05, 4.69) is 9.97 Å². The van der Waals surface area contributed by atoms with Crippen LogP contribution in [-0.4, -0.2) is 22.5 Å². The van der Waals surface area contributed by atoms with Crippen LogP contribution < -0.4 is 11.5 Å². The Labute approximate surface area is 128 Å².